The number of nitrogens with zero attached hydrogens (tertiary/aromatic N) is 2. The smallest absolute Gasteiger partial charge is 0.407 e. The molecule has 1 aromatic carbocycles. The van der Waals surface area contributed by atoms with Gasteiger partial charge in [-0.3, -0.25) is 4.79 Å². The quantitative estimate of drug-likeness (QED) is 0.565. The Morgan fingerprint density at radius 3 is 2.79 bits per heavy atom. The minimum Gasteiger partial charge on any atom is -0.481 e. The maximum absolute atomic E-state index is 12.0. The Morgan fingerprint density at radius 2 is 2.17 bits per heavy atom. The zero-order valence-electron chi connectivity index (χ0n) is 13.4. The molecule has 0 saturated heterocycles. The number of hydrogen-bond donors (Lipinski definition) is 3. The fraction of sp³-hybridized carbons (Fsp3) is 0.500. The summed E-state index contributed by atoms with van der Waals surface area (Å²) in [7, 11) is 0. The van der Waals surface area contributed by atoms with Gasteiger partial charge in [-0.2, -0.15) is 0 Å². The van der Waals surface area contributed by atoms with E-state index in [0.717, 1.165) is 5.56 Å². The van der Waals surface area contributed by atoms with Crippen LogP contribution in [-0.4, -0.2) is 29.3 Å². The largest absolute Gasteiger partial charge is 0.481 e. The van der Waals surface area contributed by atoms with Gasteiger partial charge in [-0.1, -0.05) is 30.3 Å². The molecule has 0 bridgehead atoms. The molecule has 3 N–H and O–H groups in total. The molecule has 1 fully saturated rings. The number of rotatable bonds is 5. The van der Waals surface area contributed by atoms with Gasteiger partial charge >= 0.3 is 12.1 Å². The van der Waals surface area contributed by atoms with E-state index in [2.05, 4.69) is 15.3 Å². The Bertz CT molecular complexity index is 645. The lowest BCUT2D eigenvalue weighted by Crippen LogP contribution is -2.54. The van der Waals surface area contributed by atoms with Crippen molar-refractivity contribution in [3.05, 3.63) is 35.9 Å². The second kappa shape index (κ2) is 7.70. The molecule has 1 aliphatic carbocycles. The van der Waals surface area contributed by atoms with Crippen LogP contribution in [0.5, 0.6) is 0 Å². The van der Waals surface area contributed by atoms with Gasteiger partial charge in [-0.05, 0) is 31.7 Å². The van der Waals surface area contributed by atoms with E-state index in [1.165, 1.54) is 0 Å². The molecule has 0 radical (unpaired) electrons. The van der Waals surface area contributed by atoms with E-state index in [-0.39, 0.29) is 12.6 Å². The van der Waals surface area contributed by atoms with E-state index in [0.29, 0.717) is 19.3 Å². The number of aliphatic carboxylic acids is 1. The van der Waals surface area contributed by atoms with Crippen LogP contribution in [0.15, 0.2) is 35.4 Å². The normalized spacial score (nSPS) is 26.0. The van der Waals surface area contributed by atoms with E-state index in [4.69, 9.17) is 10.3 Å². The van der Waals surface area contributed by atoms with Crippen molar-refractivity contribution in [3.63, 3.8) is 0 Å². The van der Waals surface area contributed by atoms with Crippen molar-refractivity contribution in [2.75, 3.05) is 0 Å². The van der Waals surface area contributed by atoms with Gasteiger partial charge < -0.3 is 15.2 Å². The SMILES string of the molecule is C[C@]1(C(=O)O)CC[C@H](N=[N+]=N)C[C@H]1NC(=O)OCc1ccccc1. The first-order chi connectivity index (χ1) is 11.5. The summed E-state index contributed by atoms with van der Waals surface area (Å²) in [6, 6.07) is 8.31. The summed E-state index contributed by atoms with van der Waals surface area (Å²) in [6.45, 7) is 1.71. The number of carbonyl (C=O) groups is 2. The highest BCUT2D eigenvalue weighted by atomic mass is 16.5. The average Bonchev–Trinajstić information content (AvgIpc) is 2.57. The fourth-order valence-corrected chi connectivity index (χ4v) is 2.86. The predicted molar refractivity (Wildman–Crippen MR) is 84.2 cm³/mol. The second-order valence-corrected chi connectivity index (χ2v) is 6.12. The van der Waals surface area contributed by atoms with Crippen LogP contribution >= 0.6 is 0 Å². The third-order valence-electron chi connectivity index (χ3n) is 4.49. The van der Waals surface area contributed by atoms with E-state index in [1.807, 2.05) is 30.3 Å². The number of hydrogen-bond acceptors (Lipinski definition) is 5. The molecule has 0 heterocycles. The Balaban J connectivity index is 2.00. The molecule has 8 nitrogen and oxygen atoms in total. The van der Waals surface area contributed by atoms with Crippen LogP contribution in [0.2, 0.25) is 0 Å². The van der Waals surface area contributed by atoms with Crippen molar-refractivity contribution in [1.82, 2.24) is 10.2 Å². The predicted octanol–water partition coefficient (Wildman–Crippen LogP) is 2.48. The maximum atomic E-state index is 12.0. The van der Waals surface area contributed by atoms with Crippen molar-refractivity contribution in [1.29, 1.82) is 5.53 Å². The molecule has 1 saturated carbocycles. The number of ether oxygens (including phenoxy) is 1. The summed E-state index contributed by atoms with van der Waals surface area (Å²) in [5, 5.41) is 15.9. The summed E-state index contributed by atoms with van der Waals surface area (Å²) in [5.74, 6) is -0.975. The van der Waals surface area contributed by atoms with Gasteiger partial charge in [0.25, 0.3) is 0 Å². The Labute approximate surface area is 139 Å². The first kappa shape index (κ1) is 17.6. The van der Waals surface area contributed by atoms with Gasteiger partial charge in [-0.25, -0.2) is 4.79 Å². The number of carboxylic acids is 1. The van der Waals surface area contributed by atoms with E-state index in [1.54, 1.807) is 6.92 Å². The lowest BCUT2D eigenvalue weighted by atomic mass is 9.70. The summed E-state index contributed by atoms with van der Waals surface area (Å²) in [6.07, 6.45) is 0.503. The van der Waals surface area contributed by atoms with Gasteiger partial charge in [0.05, 0.1) is 11.5 Å². The summed E-state index contributed by atoms with van der Waals surface area (Å²) < 4.78 is 5.17. The average molecular weight is 333 g/mol. The molecule has 8 heteroatoms. The van der Waals surface area contributed by atoms with Crippen LogP contribution in [0.25, 0.3) is 0 Å². The van der Waals surface area contributed by atoms with Crippen molar-refractivity contribution in [2.24, 2.45) is 10.5 Å². The third-order valence-corrected chi connectivity index (χ3v) is 4.49. The molecule has 0 aliphatic heterocycles. The number of alkyl carbamates (subject to hydrolysis) is 1. The van der Waals surface area contributed by atoms with Gasteiger partial charge in [0, 0.05) is 0 Å². The highest BCUT2D eigenvalue weighted by Gasteiger charge is 2.47. The van der Waals surface area contributed by atoms with Crippen LogP contribution in [-0.2, 0) is 16.1 Å². The van der Waals surface area contributed by atoms with Crippen LogP contribution in [0.4, 0.5) is 4.79 Å². The molecule has 0 spiro atoms. The molecule has 1 aromatic rings. The first-order valence-electron chi connectivity index (χ1n) is 7.73. The summed E-state index contributed by atoms with van der Waals surface area (Å²) >= 11 is 0. The van der Waals surface area contributed by atoms with E-state index >= 15 is 0 Å². The standard InChI is InChI=1S/C16H20N4O4/c1-16(14(21)22)8-7-12(19-20-17)9-13(16)18-15(23)24-10-11-5-3-2-4-6-11/h2-6,12-13,17H,7-10H2,1H3,(H-,18,21,22,23)/p+1/t12-,13+,16-/m0/s1. The lowest BCUT2D eigenvalue weighted by molar-refractivity contribution is -0.151. The number of benzene rings is 1. The second-order valence-electron chi connectivity index (χ2n) is 6.12. The molecule has 128 valence electrons. The highest BCUT2D eigenvalue weighted by molar-refractivity contribution is 5.77. The monoisotopic (exact) mass is 333 g/mol. The molecule has 3 atom stereocenters. The van der Waals surface area contributed by atoms with Crippen molar-refractivity contribution >= 4 is 12.1 Å². The van der Waals surface area contributed by atoms with E-state index < -0.39 is 23.5 Å². The van der Waals surface area contributed by atoms with Crippen LogP contribution < -0.4 is 10.2 Å². The number of carboxylic acid groups (broad SMARTS) is 1. The van der Waals surface area contributed by atoms with Gasteiger partial charge in [0.1, 0.15) is 23.3 Å². The molecular weight excluding hydrogens is 312 g/mol. The molecule has 24 heavy (non-hydrogen) atoms. The molecule has 1 amide bonds. The molecule has 0 aromatic heterocycles. The van der Waals surface area contributed by atoms with Gasteiger partial charge in [-0.15, -0.1) is 0 Å². The Morgan fingerprint density at radius 1 is 1.46 bits per heavy atom. The van der Waals surface area contributed by atoms with E-state index in [9.17, 15) is 14.7 Å². The van der Waals surface area contributed by atoms with Gasteiger partial charge in [0.2, 0.25) is 4.91 Å². The zero-order valence-corrected chi connectivity index (χ0v) is 13.4. The molecular formula is C16H21N4O4+. The number of carbonyl (C=O) groups excluding carboxylic acids is 1. The summed E-state index contributed by atoms with van der Waals surface area (Å²) in [4.78, 5) is 26.7. The topological polar surface area (TPSA) is 126 Å². The molecule has 1 aliphatic rings. The Kier molecular flexibility index (Phi) is 5.65. The maximum Gasteiger partial charge on any atom is 0.407 e. The van der Waals surface area contributed by atoms with Crippen LogP contribution in [0.3, 0.4) is 0 Å². The highest BCUT2D eigenvalue weighted by Crippen LogP contribution is 2.37. The van der Waals surface area contributed by atoms with Gasteiger partial charge in [0.15, 0.2) is 0 Å². The van der Waals surface area contributed by atoms with Crippen LogP contribution in [0, 0.1) is 10.9 Å². The van der Waals surface area contributed by atoms with Crippen molar-refractivity contribution in [3.8, 4) is 0 Å². The minimum absolute atomic E-state index is 0.110. The van der Waals surface area contributed by atoms with Crippen LogP contribution in [0.1, 0.15) is 31.7 Å². The Hall–Kier alpha value is -2.73. The fourth-order valence-electron chi connectivity index (χ4n) is 2.86. The van der Waals surface area contributed by atoms with Crippen molar-refractivity contribution in [2.45, 2.75) is 44.9 Å². The summed E-state index contributed by atoms with van der Waals surface area (Å²) in [5.41, 5.74) is 6.57. The number of nitrogens with one attached hydrogen (secondary N) is 2. The molecule has 0 unspecified atom stereocenters. The molecule has 2 rings (SSSR count). The first-order valence-corrected chi connectivity index (χ1v) is 7.73. The van der Waals surface area contributed by atoms with Crippen molar-refractivity contribution < 1.29 is 19.4 Å². The minimum atomic E-state index is -1.10. The lowest BCUT2D eigenvalue weighted by Gasteiger charge is -2.38. The number of amides is 1. The third kappa shape index (κ3) is 4.17. The zero-order chi connectivity index (χ0) is 17.6.